The Hall–Kier alpha value is -4.09. The normalized spacial score (nSPS) is 25.1. The van der Waals surface area contributed by atoms with Gasteiger partial charge in [0.15, 0.2) is 0 Å². The molecule has 2 aliphatic heterocycles. The van der Waals surface area contributed by atoms with Crippen LogP contribution in [0, 0.1) is 23.2 Å². The molecule has 10 nitrogen and oxygen atoms in total. The van der Waals surface area contributed by atoms with Crippen molar-refractivity contribution in [2.45, 2.75) is 98.7 Å². The number of thiazole rings is 1. The minimum Gasteiger partial charge on any atom is -0.464 e. The quantitative estimate of drug-likeness (QED) is 0.227. The monoisotopic (exact) mass is 710 g/mol. The van der Waals surface area contributed by atoms with Gasteiger partial charge < -0.3 is 14.6 Å². The van der Waals surface area contributed by atoms with Crippen LogP contribution in [0.25, 0.3) is 33.4 Å². The van der Waals surface area contributed by atoms with Crippen molar-refractivity contribution in [2.75, 3.05) is 13.2 Å². The van der Waals surface area contributed by atoms with E-state index < -0.39 is 17.5 Å². The van der Waals surface area contributed by atoms with Crippen LogP contribution in [0.15, 0.2) is 41.9 Å². The van der Waals surface area contributed by atoms with Gasteiger partial charge in [0.2, 0.25) is 5.91 Å². The summed E-state index contributed by atoms with van der Waals surface area (Å²) in [6.07, 6.45) is 3.99. The summed E-state index contributed by atoms with van der Waals surface area (Å²) in [7, 11) is 0. The van der Waals surface area contributed by atoms with E-state index in [0.29, 0.717) is 25.8 Å². The highest BCUT2D eigenvalue weighted by atomic mass is 32.1. The molecule has 4 aromatic rings. The SMILES string of the molecule is CCn1c(-c2cccnc2C(C)C)c2c3cc(ccc31)-c1csc(n1)C[C@H](NC(=O)[C@H]1[C@H](C)[C@@H]1C)C(=O)N1CCC[C@H](N1)C(=O)OCC(C)(C)C2. The van der Waals surface area contributed by atoms with Crippen LogP contribution in [-0.4, -0.2) is 62.6 Å². The van der Waals surface area contributed by atoms with Gasteiger partial charge in [0.25, 0.3) is 5.91 Å². The van der Waals surface area contributed by atoms with Gasteiger partial charge in [-0.3, -0.25) is 24.4 Å². The first-order valence-electron chi connectivity index (χ1n) is 18.5. The fraction of sp³-hybridized carbons (Fsp3) is 0.525. The molecule has 1 aliphatic carbocycles. The van der Waals surface area contributed by atoms with Gasteiger partial charge in [-0.25, -0.2) is 10.4 Å². The minimum atomic E-state index is -0.818. The summed E-state index contributed by atoms with van der Waals surface area (Å²) in [5, 5.41) is 8.51. The zero-order valence-corrected chi connectivity index (χ0v) is 31.6. The van der Waals surface area contributed by atoms with Crippen molar-refractivity contribution in [3.63, 3.8) is 0 Å². The Bertz CT molecular complexity index is 1970. The predicted molar refractivity (Wildman–Crippen MR) is 200 cm³/mol. The number of aromatic nitrogens is 3. The Morgan fingerprint density at radius 1 is 1.18 bits per heavy atom. The summed E-state index contributed by atoms with van der Waals surface area (Å²) in [5.41, 5.74) is 10.2. The largest absolute Gasteiger partial charge is 0.464 e. The number of carbonyl (C=O) groups excluding carboxylic acids is 3. The fourth-order valence-electron chi connectivity index (χ4n) is 8.00. The molecule has 6 bridgehead atoms. The maximum atomic E-state index is 14.1. The zero-order valence-electron chi connectivity index (χ0n) is 30.8. The van der Waals surface area contributed by atoms with E-state index in [2.05, 4.69) is 88.0 Å². The highest BCUT2D eigenvalue weighted by Crippen LogP contribution is 2.45. The number of amides is 2. The Balaban J connectivity index is 1.35. The van der Waals surface area contributed by atoms with Crippen LogP contribution in [0.1, 0.15) is 83.5 Å². The number of hydrogen-bond donors (Lipinski definition) is 2. The molecule has 2 fully saturated rings. The molecule has 51 heavy (non-hydrogen) atoms. The Morgan fingerprint density at radius 2 is 1.96 bits per heavy atom. The molecular weight excluding hydrogens is 661 g/mol. The minimum absolute atomic E-state index is 0.106. The highest BCUT2D eigenvalue weighted by Gasteiger charge is 2.49. The molecule has 1 saturated carbocycles. The lowest BCUT2D eigenvalue weighted by molar-refractivity contribution is -0.155. The number of cyclic esters (lactones) is 1. The molecule has 0 radical (unpaired) electrons. The summed E-state index contributed by atoms with van der Waals surface area (Å²) < 4.78 is 8.44. The average molecular weight is 711 g/mol. The Morgan fingerprint density at radius 3 is 2.69 bits per heavy atom. The molecule has 5 atom stereocenters. The lowest BCUT2D eigenvalue weighted by Gasteiger charge is -2.35. The lowest BCUT2D eigenvalue weighted by Crippen LogP contribution is -2.60. The average Bonchev–Trinajstić information content (AvgIpc) is 3.40. The van der Waals surface area contributed by atoms with Crippen LogP contribution in [0.5, 0.6) is 0 Å². The molecule has 11 heteroatoms. The van der Waals surface area contributed by atoms with Crippen molar-refractivity contribution in [2.24, 2.45) is 23.2 Å². The van der Waals surface area contributed by atoms with Gasteiger partial charge in [-0.1, -0.05) is 47.6 Å². The smallest absolute Gasteiger partial charge is 0.324 e. The standard InChI is InChI=1S/C40H50N6O4S/c1-8-45-32-14-13-25-17-27(32)28(36(45)26-11-9-15-41-35(26)22(2)3)19-40(6,7)21-50-39(49)29-12-10-16-46(44-29)38(48)30(18-33-42-31(25)20-51-33)43-37(47)34-23(4)24(34)5/h9,11,13-15,17,20,22-24,29-30,34,44H,8,10,12,16,18-19,21H2,1-7H3,(H,43,47)/t23-,24+,29-,30-,34+/m0/s1. The number of pyridine rings is 1. The molecular formula is C40H50N6O4S. The van der Waals surface area contributed by atoms with Gasteiger partial charge in [0, 0.05) is 64.4 Å². The number of nitrogens with one attached hydrogen (secondary N) is 2. The van der Waals surface area contributed by atoms with Crippen LogP contribution in [0.2, 0.25) is 0 Å². The summed E-state index contributed by atoms with van der Waals surface area (Å²) in [5.74, 6) is -0.0711. The van der Waals surface area contributed by atoms with Gasteiger partial charge in [-0.2, -0.15) is 0 Å². The van der Waals surface area contributed by atoms with E-state index in [1.165, 1.54) is 21.9 Å². The molecule has 5 heterocycles. The molecule has 2 amide bonds. The molecule has 2 N–H and O–H groups in total. The number of ether oxygens (including phenoxy) is 1. The van der Waals surface area contributed by atoms with E-state index in [0.717, 1.165) is 50.7 Å². The number of hydrogen-bond acceptors (Lipinski definition) is 8. The van der Waals surface area contributed by atoms with Crippen molar-refractivity contribution < 1.29 is 19.1 Å². The number of aryl methyl sites for hydroxylation is 1. The molecule has 1 aromatic carbocycles. The predicted octanol–water partition coefficient (Wildman–Crippen LogP) is 6.52. The van der Waals surface area contributed by atoms with Crippen LogP contribution >= 0.6 is 11.3 Å². The second kappa shape index (κ2) is 13.8. The van der Waals surface area contributed by atoms with Gasteiger partial charge in [-0.05, 0) is 73.8 Å². The van der Waals surface area contributed by atoms with E-state index in [1.54, 1.807) is 0 Å². The third-order valence-electron chi connectivity index (χ3n) is 11.1. The van der Waals surface area contributed by atoms with Crippen molar-refractivity contribution in [3.8, 4) is 22.5 Å². The topological polar surface area (TPSA) is 118 Å². The number of fused-ring (bicyclic) bond motifs is 6. The number of hydrazine groups is 1. The van der Waals surface area contributed by atoms with E-state index in [4.69, 9.17) is 14.7 Å². The molecule has 1 saturated heterocycles. The van der Waals surface area contributed by atoms with Gasteiger partial charge >= 0.3 is 5.97 Å². The Labute approximate surface area is 304 Å². The molecule has 0 spiro atoms. The fourth-order valence-corrected chi connectivity index (χ4v) is 8.85. The molecule has 7 rings (SSSR count). The van der Waals surface area contributed by atoms with E-state index in [9.17, 15) is 14.4 Å². The van der Waals surface area contributed by atoms with Crippen molar-refractivity contribution in [1.82, 2.24) is 30.3 Å². The van der Waals surface area contributed by atoms with E-state index in [-0.39, 0.29) is 54.5 Å². The number of nitrogens with zero attached hydrogens (tertiary/aromatic N) is 4. The lowest BCUT2D eigenvalue weighted by atomic mass is 9.84. The number of benzene rings is 1. The maximum Gasteiger partial charge on any atom is 0.324 e. The van der Waals surface area contributed by atoms with E-state index in [1.807, 2.05) is 17.6 Å². The van der Waals surface area contributed by atoms with Crippen LogP contribution in [0.3, 0.4) is 0 Å². The number of esters is 1. The van der Waals surface area contributed by atoms with Crippen molar-refractivity contribution in [1.29, 1.82) is 0 Å². The van der Waals surface area contributed by atoms with E-state index >= 15 is 0 Å². The first kappa shape index (κ1) is 35.3. The van der Waals surface area contributed by atoms with Crippen LogP contribution in [-0.2, 0) is 38.5 Å². The summed E-state index contributed by atoms with van der Waals surface area (Å²) in [6, 6.07) is 9.24. The third-order valence-corrected chi connectivity index (χ3v) is 12.0. The van der Waals surface area contributed by atoms with Crippen molar-refractivity contribution in [3.05, 3.63) is 58.2 Å². The molecule has 3 aliphatic rings. The zero-order chi connectivity index (χ0) is 36.2. The summed E-state index contributed by atoms with van der Waals surface area (Å²) in [6.45, 7) is 16.4. The second-order valence-corrected chi connectivity index (χ2v) is 16.7. The number of carbonyl (C=O) groups is 3. The summed E-state index contributed by atoms with van der Waals surface area (Å²) >= 11 is 1.50. The van der Waals surface area contributed by atoms with Gasteiger partial charge in [-0.15, -0.1) is 11.3 Å². The van der Waals surface area contributed by atoms with Crippen molar-refractivity contribution >= 4 is 40.0 Å². The first-order valence-corrected chi connectivity index (χ1v) is 19.3. The van der Waals surface area contributed by atoms with Crippen LogP contribution in [0.4, 0.5) is 0 Å². The molecule has 3 aromatic heterocycles. The second-order valence-electron chi connectivity index (χ2n) is 15.8. The Kier molecular flexibility index (Phi) is 9.56. The number of rotatable bonds is 5. The first-order chi connectivity index (χ1) is 24.4. The van der Waals surface area contributed by atoms with Gasteiger partial charge in [0.05, 0.1) is 28.7 Å². The molecule has 0 unspecified atom stereocenters. The van der Waals surface area contributed by atoms with Crippen LogP contribution < -0.4 is 10.7 Å². The van der Waals surface area contributed by atoms with Gasteiger partial charge in [0.1, 0.15) is 12.1 Å². The highest BCUT2D eigenvalue weighted by molar-refractivity contribution is 7.10. The summed E-state index contributed by atoms with van der Waals surface area (Å²) in [4.78, 5) is 50.9. The maximum absolute atomic E-state index is 14.1. The molecule has 270 valence electrons. The third kappa shape index (κ3) is 6.82.